The summed E-state index contributed by atoms with van der Waals surface area (Å²) in [6.07, 6.45) is 3.73. The van der Waals surface area contributed by atoms with E-state index in [9.17, 15) is 14.4 Å². The van der Waals surface area contributed by atoms with Crippen molar-refractivity contribution in [2.45, 2.75) is 70.4 Å². The number of hydrogen-bond donors (Lipinski definition) is 1. The number of amides is 3. The van der Waals surface area contributed by atoms with Gasteiger partial charge in [0, 0.05) is 37.8 Å². The molecule has 232 valence electrons. The third-order valence-corrected chi connectivity index (χ3v) is 8.35. The molecule has 4 heterocycles. The van der Waals surface area contributed by atoms with Crippen molar-refractivity contribution in [1.82, 2.24) is 24.9 Å². The second-order valence-electron chi connectivity index (χ2n) is 12.0. The zero-order valence-corrected chi connectivity index (χ0v) is 25.4. The van der Waals surface area contributed by atoms with E-state index in [-0.39, 0.29) is 55.9 Å². The van der Waals surface area contributed by atoms with Gasteiger partial charge in [-0.1, -0.05) is 18.2 Å². The molecular weight excluding hydrogens is 562 g/mol. The van der Waals surface area contributed by atoms with Crippen LogP contribution in [0.15, 0.2) is 54.7 Å². The van der Waals surface area contributed by atoms with Gasteiger partial charge in [0.2, 0.25) is 11.8 Å². The second-order valence-corrected chi connectivity index (χ2v) is 12.0. The molecule has 2 atom stereocenters. The topological polar surface area (TPSA) is 115 Å². The Hall–Kier alpha value is -4.38. The predicted octanol–water partition coefficient (Wildman–Crippen LogP) is 3.73. The normalized spacial score (nSPS) is 21.3. The van der Waals surface area contributed by atoms with Gasteiger partial charge < -0.3 is 29.3 Å². The van der Waals surface area contributed by atoms with Crippen LogP contribution < -0.4 is 14.8 Å². The summed E-state index contributed by atoms with van der Waals surface area (Å²) in [6.45, 7) is 4.76. The van der Waals surface area contributed by atoms with E-state index >= 15 is 0 Å². The first-order valence-corrected chi connectivity index (χ1v) is 15.3. The van der Waals surface area contributed by atoms with Gasteiger partial charge in [0.05, 0.1) is 32.4 Å². The van der Waals surface area contributed by atoms with E-state index < -0.39 is 12.1 Å². The molecule has 4 bridgehead atoms. The lowest BCUT2D eigenvalue weighted by Crippen LogP contribution is -2.49. The first-order valence-electron chi connectivity index (χ1n) is 15.3. The molecule has 1 N–H and O–H groups in total. The summed E-state index contributed by atoms with van der Waals surface area (Å²) in [7, 11) is 1.59. The van der Waals surface area contributed by atoms with Crippen LogP contribution in [-0.2, 0) is 27.4 Å². The molecule has 4 aliphatic rings. The molecule has 0 unspecified atom stereocenters. The van der Waals surface area contributed by atoms with Crippen LogP contribution in [-0.4, -0.2) is 82.2 Å². The highest BCUT2D eigenvalue weighted by molar-refractivity contribution is 5.93. The summed E-state index contributed by atoms with van der Waals surface area (Å²) in [6, 6.07) is 14.6. The van der Waals surface area contributed by atoms with Crippen LogP contribution in [0.2, 0.25) is 0 Å². The highest BCUT2D eigenvalue weighted by Crippen LogP contribution is 2.34. The number of aryl methyl sites for hydroxylation is 1. The van der Waals surface area contributed by atoms with E-state index in [0.29, 0.717) is 35.9 Å². The number of ether oxygens (including phenoxy) is 3. The number of aromatic nitrogens is 2. The molecule has 1 aromatic heterocycles. The number of nitrogens with zero attached hydrogens (tertiary/aromatic N) is 4. The van der Waals surface area contributed by atoms with E-state index in [4.69, 9.17) is 14.2 Å². The smallest absolute Gasteiger partial charge is 0.272 e. The molecule has 44 heavy (non-hydrogen) atoms. The van der Waals surface area contributed by atoms with Crippen LogP contribution in [0.25, 0.3) is 0 Å². The van der Waals surface area contributed by atoms with Gasteiger partial charge in [-0.25, -0.2) is 0 Å². The fourth-order valence-corrected chi connectivity index (χ4v) is 5.89. The average Bonchev–Trinajstić information content (AvgIpc) is 3.58. The number of carbonyl (C=O) groups excluding carboxylic acids is 3. The zero-order chi connectivity index (χ0) is 30.8. The summed E-state index contributed by atoms with van der Waals surface area (Å²) in [5, 5.41) is 7.41. The lowest BCUT2D eigenvalue weighted by atomic mass is 10.1. The van der Waals surface area contributed by atoms with E-state index in [2.05, 4.69) is 10.4 Å². The van der Waals surface area contributed by atoms with Gasteiger partial charge in [-0.3, -0.25) is 19.1 Å². The maximum atomic E-state index is 13.6. The van der Waals surface area contributed by atoms with Gasteiger partial charge in [0.15, 0.2) is 11.5 Å². The zero-order valence-electron chi connectivity index (χ0n) is 25.4. The first kappa shape index (κ1) is 29.7. The number of hydrogen-bond acceptors (Lipinski definition) is 7. The SMILES string of the molecule is COc1cc2ccc1Oc1cccc(c1)CO[C@H]1CN(C(=O)c3ccnn3C(C)C)C[C@@H]1NC(=O)CN(C1CC1)C(=O)CC2. The molecule has 2 aromatic carbocycles. The third kappa shape index (κ3) is 6.57. The van der Waals surface area contributed by atoms with Crippen LogP contribution in [0.4, 0.5) is 0 Å². The van der Waals surface area contributed by atoms with Crippen molar-refractivity contribution in [3.8, 4) is 17.2 Å². The summed E-state index contributed by atoms with van der Waals surface area (Å²) >= 11 is 0. The first-order chi connectivity index (χ1) is 21.3. The monoisotopic (exact) mass is 601 g/mol. The second kappa shape index (κ2) is 12.7. The molecule has 2 fully saturated rings. The predicted molar refractivity (Wildman–Crippen MR) is 162 cm³/mol. The van der Waals surface area contributed by atoms with Crippen molar-refractivity contribution in [2.24, 2.45) is 0 Å². The highest BCUT2D eigenvalue weighted by Gasteiger charge is 2.40. The third-order valence-electron chi connectivity index (χ3n) is 8.35. The molecule has 0 radical (unpaired) electrons. The highest BCUT2D eigenvalue weighted by atomic mass is 16.5. The molecule has 3 aromatic rings. The Morgan fingerprint density at radius 1 is 1.05 bits per heavy atom. The molecule has 3 amide bonds. The molecule has 7 rings (SSSR count). The van der Waals surface area contributed by atoms with Gasteiger partial charge in [-0.05, 0) is 74.6 Å². The maximum absolute atomic E-state index is 13.6. The van der Waals surface area contributed by atoms with Crippen LogP contribution in [0.5, 0.6) is 17.2 Å². The summed E-state index contributed by atoms with van der Waals surface area (Å²) in [4.78, 5) is 43.7. The number of carbonyl (C=O) groups is 3. The summed E-state index contributed by atoms with van der Waals surface area (Å²) in [5.74, 6) is 1.28. The van der Waals surface area contributed by atoms with Gasteiger partial charge in [0.1, 0.15) is 11.4 Å². The number of rotatable bonds is 4. The van der Waals surface area contributed by atoms with Crippen LogP contribution in [0.1, 0.15) is 60.8 Å². The van der Waals surface area contributed by atoms with Gasteiger partial charge in [-0.2, -0.15) is 5.10 Å². The Kier molecular flexibility index (Phi) is 8.56. The standard InChI is InChI=1S/C33H39N5O6/c1-21(2)38-27(13-14-34-38)33(41)36-17-26-30(18-36)43-20-23-5-4-6-25(15-23)44-28-11-7-22(16-29(28)42-3)8-12-32(40)37(24-9-10-24)19-31(39)35-26/h4-7,11,13-16,21,24,26,30H,8-10,12,17-20H2,1-3H3,(H,35,39)/t26-,30-/m0/s1. The molecule has 3 aliphatic heterocycles. The Bertz CT molecular complexity index is 1530. The van der Waals surface area contributed by atoms with E-state index in [1.807, 2.05) is 56.3 Å². The summed E-state index contributed by atoms with van der Waals surface area (Å²) in [5.41, 5.74) is 2.32. The quantitative estimate of drug-likeness (QED) is 0.485. The number of nitrogens with one attached hydrogen (secondary N) is 1. The Morgan fingerprint density at radius 3 is 2.66 bits per heavy atom. The van der Waals surface area contributed by atoms with Crippen molar-refractivity contribution in [3.63, 3.8) is 0 Å². The number of likely N-dealkylation sites (tertiary alicyclic amines) is 1. The van der Waals surface area contributed by atoms with Crippen LogP contribution >= 0.6 is 0 Å². The fraction of sp³-hybridized carbons (Fsp3) is 0.455. The van der Waals surface area contributed by atoms with Crippen molar-refractivity contribution in [1.29, 1.82) is 0 Å². The minimum Gasteiger partial charge on any atom is -0.493 e. The fourth-order valence-electron chi connectivity index (χ4n) is 5.89. The Morgan fingerprint density at radius 2 is 1.89 bits per heavy atom. The lowest BCUT2D eigenvalue weighted by molar-refractivity contribution is -0.137. The number of fused-ring (bicyclic) bond motifs is 9. The molecule has 11 heteroatoms. The number of benzene rings is 2. The Balaban J connectivity index is 1.27. The Labute approximate surface area is 257 Å². The maximum Gasteiger partial charge on any atom is 0.272 e. The van der Waals surface area contributed by atoms with E-state index in [1.54, 1.807) is 33.9 Å². The van der Waals surface area contributed by atoms with E-state index in [1.165, 1.54) is 0 Å². The summed E-state index contributed by atoms with van der Waals surface area (Å²) < 4.78 is 19.9. The lowest BCUT2D eigenvalue weighted by Gasteiger charge is -2.25. The van der Waals surface area contributed by atoms with Crippen molar-refractivity contribution in [2.75, 3.05) is 26.7 Å². The van der Waals surface area contributed by atoms with Crippen molar-refractivity contribution in [3.05, 3.63) is 71.5 Å². The van der Waals surface area contributed by atoms with Crippen molar-refractivity contribution >= 4 is 17.7 Å². The molecule has 1 saturated carbocycles. The van der Waals surface area contributed by atoms with Crippen LogP contribution in [0, 0.1) is 0 Å². The minimum atomic E-state index is -0.456. The average molecular weight is 602 g/mol. The van der Waals surface area contributed by atoms with Gasteiger partial charge >= 0.3 is 0 Å². The molecule has 0 spiro atoms. The molecule has 1 aliphatic carbocycles. The largest absolute Gasteiger partial charge is 0.493 e. The van der Waals surface area contributed by atoms with Gasteiger partial charge in [-0.15, -0.1) is 0 Å². The molecule has 1 saturated heterocycles. The molecule has 11 nitrogen and oxygen atoms in total. The van der Waals surface area contributed by atoms with Crippen LogP contribution in [0.3, 0.4) is 0 Å². The number of methoxy groups -OCH3 is 1. The van der Waals surface area contributed by atoms with Gasteiger partial charge in [0.25, 0.3) is 5.91 Å². The minimum absolute atomic E-state index is 0.0209. The van der Waals surface area contributed by atoms with Crippen molar-refractivity contribution < 1.29 is 28.6 Å². The van der Waals surface area contributed by atoms with E-state index in [0.717, 1.165) is 24.0 Å². The molecular formula is C33H39N5O6.